The van der Waals surface area contributed by atoms with Crippen LogP contribution in [0, 0.1) is 11.8 Å². The van der Waals surface area contributed by atoms with Crippen LogP contribution in [0.3, 0.4) is 0 Å². The van der Waals surface area contributed by atoms with Crippen LogP contribution in [0.1, 0.15) is 59.3 Å². The number of hydrogen-bond acceptors (Lipinski definition) is 4. The lowest BCUT2D eigenvalue weighted by Gasteiger charge is -2.44. The Labute approximate surface area is 164 Å². The number of carbonyl (C=O) groups is 1. The van der Waals surface area contributed by atoms with Gasteiger partial charge in [0.25, 0.3) is 0 Å². The Morgan fingerprint density at radius 1 is 1.26 bits per heavy atom. The first-order valence-electron chi connectivity index (χ1n) is 10.8. The number of fused-ring (bicyclic) bond motifs is 3. The fraction of sp³-hybridized carbons (Fsp3) is 0.696. The zero-order valence-corrected chi connectivity index (χ0v) is 17.2. The standard InChI is InChI=1S/C23H34N2O2/c1-4-13-24(14-5-2)15-9-10-19-12-17-25-16-8-7-11-21(25)23(6-3)20(19)18-22(26)27-23/h12,18,21H,4-8,11,13-17H2,1-3H3/t21-,23+/m1/s1. The van der Waals surface area contributed by atoms with Crippen molar-refractivity contribution in [1.29, 1.82) is 0 Å². The molecule has 0 aliphatic carbocycles. The fourth-order valence-electron chi connectivity index (χ4n) is 4.88. The first kappa shape index (κ1) is 20.2. The van der Waals surface area contributed by atoms with Crippen molar-refractivity contribution in [3.63, 3.8) is 0 Å². The highest BCUT2D eigenvalue weighted by molar-refractivity contribution is 5.89. The van der Waals surface area contributed by atoms with Crippen LogP contribution < -0.4 is 0 Å². The second-order valence-electron chi connectivity index (χ2n) is 7.92. The first-order chi connectivity index (χ1) is 13.1. The van der Waals surface area contributed by atoms with E-state index in [4.69, 9.17) is 4.74 Å². The molecule has 2 atom stereocenters. The largest absolute Gasteiger partial charge is 0.449 e. The minimum absolute atomic E-state index is 0.203. The van der Waals surface area contributed by atoms with Crippen LogP contribution in [0.4, 0.5) is 0 Å². The zero-order valence-electron chi connectivity index (χ0n) is 17.2. The summed E-state index contributed by atoms with van der Waals surface area (Å²) in [5.74, 6) is 6.59. The molecular formula is C23H34N2O2. The van der Waals surface area contributed by atoms with Gasteiger partial charge in [-0.1, -0.05) is 45.1 Å². The molecular weight excluding hydrogens is 336 g/mol. The van der Waals surface area contributed by atoms with Gasteiger partial charge in [-0.15, -0.1) is 0 Å². The molecule has 0 aromatic rings. The number of hydrogen-bond donors (Lipinski definition) is 0. The molecule has 0 unspecified atom stereocenters. The van der Waals surface area contributed by atoms with E-state index in [1.165, 1.54) is 12.8 Å². The van der Waals surface area contributed by atoms with Gasteiger partial charge in [0, 0.05) is 23.8 Å². The number of piperidine rings is 1. The maximum absolute atomic E-state index is 12.3. The smallest absolute Gasteiger partial charge is 0.332 e. The summed E-state index contributed by atoms with van der Waals surface area (Å²) in [6.07, 6.45) is 10.6. The lowest BCUT2D eigenvalue weighted by Crippen LogP contribution is -2.55. The van der Waals surface area contributed by atoms with Crippen molar-refractivity contribution in [3.8, 4) is 11.8 Å². The maximum Gasteiger partial charge on any atom is 0.332 e. The predicted octanol–water partition coefficient (Wildman–Crippen LogP) is 3.54. The van der Waals surface area contributed by atoms with Gasteiger partial charge in [0.15, 0.2) is 5.60 Å². The van der Waals surface area contributed by atoms with Crippen molar-refractivity contribution in [3.05, 3.63) is 23.3 Å². The Kier molecular flexibility index (Phi) is 6.78. The van der Waals surface area contributed by atoms with E-state index in [0.717, 1.165) is 69.6 Å². The monoisotopic (exact) mass is 370 g/mol. The Morgan fingerprint density at radius 3 is 2.74 bits per heavy atom. The van der Waals surface area contributed by atoms with Gasteiger partial charge in [-0.2, -0.15) is 0 Å². The summed E-state index contributed by atoms with van der Waals surface area (Å²) in [6.45, 7) is 11.5. The average molecular weight is 371 g/mol. The molecule has 0 bridgehead atoms. The van der Waals surface area contributed by atoms with Crippen molar-refractivity contribution in [2.45, 2.75) is 70.9 Å². The number of rotatable bonds is 6. The third kappa shape index (κ3) is 4.15. The van der Waals surface area contributed by atoms with Crippen LogP contribution in [0.5, 0.6) is 0 Å². The second-order valence-corrected chi connectivity index (χ2v) is 7.92. The van der Waals surface area contributed by atoms with Gasteiger partial charge in [0.1, 0.15) is 0 Å². The third-order valence-corrected chi connectivity index (χ3v) is 6.10. The van der Waals surface area contributed by atoms with Crippen LogP contribution in [-0.2, 0) is 9.53 Å². The summed E-state index contributed by atoms with van der Waals surface area (Å²) in [6, 6.07) is 0.279. The number of carbonyl (C=O) groups excluding carboxylic acids is 1. The molecule has 148 valence electrons. The Morgan fingerprint density at radius 2 is 2.04 bits per heavy atom. The molecule has 1 saturated heterocycles. The van der Waals surface area contributed by atoms with Gasteiger partial charge in [-0.25, -0.2) is 4.79 Å². The molecule has 27 heavy (non-hydrogen) atoms. The lowest BCUT2D eigenvalue weighted by molar-refractivity contribution is -0.153. The molecule has 1 fully saturated rings. The second kappa shape index (κ2) is 9.08. The normalized spacial score (nSPS) is 27.7. The highest BCUT2D eigenvalue weighted by atomic mass is 16.6. The molecule has 3 aliphatic rings. The molecule has 0 saturated carbocycles. The summed E-state index contributed by atoms with van der Waals surface area (Å²) in [5.41, 5.74) is 1.51. The highest BCUT2D eigenvalue weighted by Crippen LogP contribution is 2.45. The molecule has 3 rings (SSSR count). The van der Waals surface area contributed by atoms with E-state index in [1.807, 2.05) is 0 Å². The number of esters is 1. The number of ether oxygens (including phenoxy) is 1. The minimum Gasteiger partial charge on any atom is -0.449 e. The minimum atomic E-state index is -0.513. The van der Waals surface area contributed by atoms with Gasteiger partial charge >= 0.3 is 5.97 Å². The maximum atomic E-state index is 12.3. The van der Waals surface area contributed by atoms with Crippen molar-refractivity contribution < 1.29 is 9.53 Å². The van der Waals surface area contributed by atoms with Gasteiger partial charge in [-0.05, 0) is 51.7 Å². The lowest BCUT2D eigenvalue weighted by atomic mass is 9.78. The Hall–Kier alpha value is -1.57. The van der Waals surface area contributed by atoms with Crippen LogP contribution in [-0.4, -0.2) is 60.1 Å². The summed E-state index contributed by atoms with van der Waals surface area (Å²) in [4.78, 5) is 17.2. The highest BCUT2D eigenvalue weighted by Gasteiger charge is 2.52. The van der Waals surface area contributed by atoms with Crippen LogP contribution in [0.15, 0.2) is 23.3 Å². The summed E-state index contributed by atoms with van der Waals surface area (Å²) < 4.78 is 5.99. The molecule has 0 spiro atoms. The average Bonchev–Trinajstić information content (AvgIpc) is 2.96. The molecule has 3 aliphatic heterocycles. The van der Waals surface area contributed by atoms with Crippen molar-refractivity contribution in [2.75, 3.05) is 32.7 Å². The Balaban J connectivity index is 1.87. The van der Waals surface area contributed by atoms with Crippen LogP contribution in [0.2, 0.25) is 0 Å². The summed E-state index contributed by atoms with van der Waals surface area (Å²) in [5, 5.41) is 0. The van der Waals surface area contributed by atoms with Crippen molar-refractivity contribution in [1.82, 2.24) is 9.80 Å². The van der Waals surface area contributed by atoms with Gasteiger partial charge in [-0.3, -0.25) is 9.80 Å². The van der Waals surface area contributed by atoms with E-state index in [2.05, 4.69) is 48.5 Å². The van der Waals surface area contributed by atoms with Gasteiger partial charge in [0.2, 0.25) is 0 Å². The molecule has 0 amide bonds. The predicted molar refractivity (Wildman–Crippen MR) is 109 cm³/mol. The van der Waals surface area contributed by atoms with Crippen LogP contribution in [0.25, 0.3) is 0 Å². The van der Waals surface area contributed by atoms with Crippen LogP contribution >= 0.6 is 0 Å². The summed E-state index contributed by atoms with van der Waals surface area (Å²) >= 11 is 0. The van der Waals surface area contributed by atoms with E-state index < -0.39 is 5.60 Å². The first-order valence-corrected chi connectivity index (χ1v) is 10.8. The van der Waals surface area contributed by atoms with Crippen molar-refractivity contribution in [2.24, 2.45) is 0 Å². The van der Waals surface area contributed by atoms with Crippen molar-refractivity contribution >= 4 is 5.97 Å². The summed E-state index contributed by atoms with van der Waals surface area (Å²) in [7, 11) is 0. The van der Waals surface area contributed by atoms with E-state index in [9.17, 15) is 4.79 Å². The molecule has 4 heteroatoms. The van der Waals surface area contributed by atoms with E-state index >= 15 is 0 Å². The van der Waals surface area contributed by atoms with E-state index in [-0.39, 0.29) is 12.0 Å². The van der Waals surface area contributed by atoms with E-state index in [1.54, 1.807) is 6.08 Å². The SMILES string of the molecule is CCCN(CC#CC1=CCN2CCCC[C@@H]2[C@@]2(CC)OC(=O)C=C12)CCC. The number of nitrogens with zero attached hydrogens (tertiary/aromatic N) is 2. The van der Waals surface area contributed by atoms with Gasteiger partial charge in [0.05, 0.1) is 12.6 Å². The van der Waals surface area contributed by atoms with Gasteiger partial charge < -0.3 is 4.74 Å². The molecule has 0 N–H and O–H groups in total. The molecule has 0 radical (unpaired) electrons. The topological polar surface area (TPSA) is 32.8 Å². The third-order valence-electron chi connectivity index (χ3n) is 6.10. The fourth-order valence-corrected chi connectivity index (χ4v) is 4.88. The zero-order chi connectivity index (χ0) is 19.3. The quantitative estimate of drug-likeness (QED) is 0.529. The molecule has 4 nitrogen and oxygen atoms in total. The van der Waals surface area contributed by atoms with E-state index in [0.29, 0.717) is 0 Å². The Bertz CT molecular complexity index is 664. The molecule has 3 heterocycles. The molecule has 0 aromatic carbocycles. The molecule has 0 aromatic heterocycles.